The fourth-order valence-corrected chi connectivity index (χ4v) is 2.69. The zero-order chi connectivity index (χ0) is 12.8. The number of hydrogen-bond acceptors (Lipinski definition) is 3. The summed E-state index contributed by atoms with van der Waals surface area (Å²) in [7, 11) is 1.12. The molecule has 0 saturated heterocycles. The normalized spacial score (nSPS) is 34.6. The second-order valence-electron chi connectivity index (χ2n) is 4.57. The average Bonchev–Trinajstić information content (AvgIpc) is 2.69. The molecule has 0 heterocycles. The van der Waals surface area contributed by atoms with E-state index in [4.69, 9.17) is 5.11 Å². The molecule has 0 aromatic rings. The van der Waals surface area contributed by atoms with Crippen LogP contribution in [0.4, 0.5) is 13.6 Å². The summed E-state index contributed by atoms with van der Waals surface area (Å²) < 4.78 is 30.2. The van der Waals surface area contributed by atoms with Crippen molar-refractivity contribution in [1.82, 2.24) is 5.32 Å². The number of nitrogens with one attached hydrogen (secondary N) is 1. The summed E-state index contributed by atoms with van der Waals surface area (Å²) >= 11 is 0. The number of fused-ring (bicyclic) bond motifs is 1. The number of carboxylic acids is 1. The average molecular weight is 249 g/mol. The van der Waals surface area contributed by atoms with Gasteiger partial charge in [0.2, 0.25) is 0 Å². The number of rotatable bonds is 3. The number of aliphatic carboxylic acids is 1. The van der Waals surface area contributed by atoms with Crippen molar-refractivity contribution < 1.29 is 28.2 Å². The van der Waals surface area contributed by atoms with Crippen LogP contribution < -0.4 is 5.32 Å². The van der Waals surface area contributed by atoms with Crippen LogP contribution >= 0.6 is 0 Å². The van der Waals surface area contributed by atoms with Gasteiger partial charge in [0.1, 0.15) is 6.04 Å². The molecule has 4 atom stereocenters. The van der Waals surface area contributed by atoms with Crippen LogP contribution in [0.25, 0.3) is 0 Å². The van der Waals surface area contributed by atoms with Gasteiger partial charge in [-0.15, -0.1) is 0 Å². The third-order valence-electron chi connectivity index (χ3n) is 3.67. The van der Waals surface area contributed by atoms with E-state index in [2.05, 4.69) is 10.1 Å². The predicted molar refractivity (Wildman–Crippen MR) is 51.6 cm³/mol. The molecule has 96 valence electrons. The number of halogens is 2. The van der Waals surface area contributed by atoms with Crippen molar-refractivity contribution in [2.24, 2.45) is 17.8 Å². The highest BCUT2D eigenvalue weighted by molar-refractivity contribution is 5.80. The molecule has 0 aliphatic heterocycles. The number of carbonyl (C=O) groups excluding carboxylic acids is 1. The van der Waals surface area contributed by atoms with Gasteiger partial charge < -0.3 is 15.2 Å². The van der Waals surface area contributed by atoms with Crippen molar-refractivity contribution in [2.75, 3.05) is 7.11 Å². The quantitative estimate of drug-likeness (QED) is 0.785. The second kappa shape index (κ2) is 3.82. The van der Waals surface area contributed by atoms with Crippen LogP contribution in [-0.4, -0.2) is 36.2 Å². The fourth-order valence-electron chi connectivity index (χ4n) is 2.69. The number of alkyl carbamates (subject to hydrolysis) is 1. The molecular formula is C10H13F2NO4. The molecule has 2 aliphatic rings. The smallest absolute Gasteiger partial charge is 0.407 e. The van der Waals surface area contributed by atoms with Gasteiger partial charge in [0.05, 0.1) is 7.11 Å². The summed E-state index contributed by atoms with van der Waals surface area (Å²) in [6.45, 7) is 0. The van der Waals surface area contributed by atoms with E-state index < -0.39 is 41.8 Å². The lowest BCUT2D eigenvalue weighted by Gasteiger charge is -2.22. The molecule has 1 amide bonds. The Morgan fingerprint density at radius 2 is 1.94 bits per heavy atom. The molecule has 0 spiro atoms. The van der Waals surface area contributed by atoms with Gasteiger partial charge in [0, 0.05) is 11.8 Å². The maximum Gasteiger partial charge on any atom is 0.407 e. The van der Waals surface area contributed by atoms with Crippen molar-refractivity contribution in [3.8, 4) is 0 Å². The Hall–Kier alpha value is -1.40. The monoisotopic (exact) mass is 249 g/mol. The molecule has 1 unspecified atom stereocenters. The van der Waals surface area contributed by atoms with Gasteiger partial charge in [-0.05, 0) is 18.8 Å². The molecule has 7 heteroatoms. The first-order chi connectivity index (χ1) is 7.87. The standard InChI is InChI=1S/C10H13F2NO4/c1-17-9(16)13-7(8(14)15)4-2-5-6(3-4)10(5,11)12/h4-7H,2-3H2,1H3,(H,13,16)(H,14,15)/t4-,5+,6-,7?. The van der Waals surface area contributed by atoms with Gasteiger partial charge in [-0.1, -0.05) is 0 Å². The molecule has 2 rings (SSSR count). The van der Waals surface area contributed by atoms with Crippen LogP contribution in [-0.2, 0) is 9.53 Å². The highest BCUT2D eigenvalue weighted by atomic mass is 19.3. The van der Waals surface area contributed by atoms with Crippen LogP contribution in [0.15, 0.2) is 0 Å². The first kappa shape index (κ1) is 12.1. The molecule has 0 bridgehead atoms. The van der Waals surface area contributed by atoms with Gasteiger partial charge in [0.25, 0.3) is 5.92 Å². The van der Waals surface area contributed by atoms with Crippen LogP contribution in [0.1, 0.15) is 12.8 Å². The minimum Gasteiger partial charge on any atom is -0.480 e. The molecular weight excluding hydrogens is 236 g/mol. The fraction of sp³-hybridized carbons (Fsp3) is 0.800. The largest absolute Gasteiger partial charge is 0.480 e. The first-order valence-electron chi connectivity index (χ1n) is 5.33. The Balaban J connectivity index is 1.96. The lowest BCUT2D eigenvalue weighted by molar-refractivity contribution is -0.141. The summed E-state index contributed by atoms with van der Waals surface area (Å²) in [5.74, 6) is -5.72. The van der Waals surface area contributed by atoms with Gasteiger partial charge in [-0.3, -0.25) is 0 Å². The SMILES string of the molecule is COC(=O)NC(C(=O)O)[C@H]1C[C@@H]2[C@H](C1)C2(F)F. The summed E-state index contributed by atoms with van der Waals surface area (Å²) in [4.78, 5) is 21.9. The van der Waals surface area contributed by atoms with Crippen LogP contribution in [0.3, 0.4) is 0 Å². The molecule has 0 aromatic carbocycles. The molecule has 17 heavy (non-hydrogen) atoms. The van der Waals surface area contributed by atoms with E-state index in [0.717, 1.165) is 7.11 Å². The zero-order valence-electron chi connectivity index (χ0n) is 9.15. The van der Waals surface area contributed by atoms with Crippen molar-refractivity contribution >= 4 is 12.1 Å². The van der Waals surface area contributed by atoms with E-state index in [9.17, 15) is 18.4 Å². The lowest BCUT2D eigenvalue weighted by Crippen LogP contribution is -2.46. The minimum absolute atomic E-state index is 0.138. The number of amides is 1. The third kappa shape index (κ3) is 1.94. The highest BCUT2D eigenvalue weighted by Gasteiger charge is 2.72. The number of carboxylic acid groups (broad SMARTS) is 1. The third-order valence-corrected chi connectivity index (χ3v) is 3.67. The summed E-state index contributed by atoms with van der Waals surface area (Å²) in [5, 5.41) is 11.1. The first-order valence-corrected chi connectivity index (χ1v) is 5.33. The van der Waals surface area contributed by atoms with E-state index in [0.29, 0.717) is 0 Å². The summed E-state index contributed by atoms with van der Waals surface area (Å²) in [6.07, 6.45) is -0.582. The van der Waals surface area contributed by atoms with Crippen molar-refractivity contribution in [3.63, 3.8) is 0 Å². The summed E-state index contributed by atoms with van der Waals surface area (Å²) in [6, 6.07) is -1.15. The Morgan fingerprint density at radius 1 is 1.41 bits per heavy atom. The Kier molecular flexibility index (Phi) is 2.71. The number of ether oxygens (including phenoxy) is 1. The number of alkyl halides is 2. The lowest BCUT2D eigenvalue weighted by atomic mass is 9.94. The van der Waals surface area contributed by atoms with Crippen molar-refractivity contribution in [1.29, 1.82) is 0 Å². The minimum atomic E-state index is -2.63. The van der Waals surface area contributed by atoms with E-state index in [1.807, 2.05) is 0 Å². The molecule has 5 nitrogen and oxygen atoms in total. The number of carbonyl (C=O) groups is 2. The van der Waals surface area contributed by atoms with Gasteiger partial charge >= 0.3 is 12.1 Å². The highest BCUT2D eigenvalue weighted by Crippen LogP contribution is 2.66. The summed E-state index contributed by atoms with van der Waals surface area (Å²) in [5.41, 5.74) is 0. The molecule has 2 aliphatic carbocycles. The maximum absolute atomic E-state index is 12.9. The van der Waals surface area contributed by atoms with Crippen LogP contribution in [0.2, 0.25) is 0 Å². The van der Waals surface area contributed by atoms with Gasteiger partial charge in [-0.2, -0.15) is 0 Å². The number of hydrogen-bond donors (Lipinski definition) is 2. The molecule has 2 N–H and O–H groups in total. The topological polar surface area (TPSA) is 75.6 Å². The van der Waals surface area contributed by atoms with E-state index >= 15 is 0 Å². The van der Waals surface area contributed by atoms with Crippen molar-refractivity contribution in [3.05, 3.63) is 0 Å². The van der Waals surface area contributed by atoms with E-state index in [-0.39, 0.29) is 12.8 Å². The maximum atomic E-state index is 12.9. The molecule has 0 aromatic heterocycles. The van der Waals surface area contributed by atoms with Crippen LogP contribution in [0.5, 0.6) is 0 Å². The zero-order valence-corrected chi connectivity index (χ0v) is 9.15. The van der Waals surface area contributed by atoms with E-state index in [1.165, 1.54) is 0 Å². The van der Waals surface area contributed by atoms with Gasteiger partial charge in [-0.25, -0.2) is 18.4 Å². The number of methoxy groups -OCH3 is 1. The molecule has 2 fully saturated rings. The predicted octanol–water partition coefficient (Wildman–Crippen LogP) is 1.09. The second-order valence-corrected chi connectivity index (χ2v) is 4.57. The van der Waals surface area contributed by atoms with Gasteiger partial charge in [0.15, 0.2) is 0 Å². The Labute approximate surface area is 96.1 Å². The molecule has 0 radical (unpaired) electrons. The Bertz CT molecular complexity index is 346. The van der Waals surface area contributed by atoms with Crippen molar-refractivity contribution in [2.45, 2.75) is 24.8 Å². The Morgan fingerprint density at radius 3 is 2.35 bits per heavy atom. The van der Waals surface area contributed by atoms with Crippen LogP contribution in [0, 0.1) is 17.8 Å². The molecule has 2 saturated carbocycles. The van der Waals surface area contributed by atoms with E-state index in [1.54, 1.807) is 0 Å².